The second kappa shape index (κ2) is 5.94. The van der Waals surface area contributed by atoms with Crippen molar-refractivity contribution in [2.24, 2.45) is 0 Å². The summed E-state index contributed by atoms with van der Waals surface area (Å²) < 4.78 is 5.21. The van der Waals surface area contributed by atoms with Gasteiger partial charge in [-0.3, -0.25) is 10.9 Å². The first kappa shape index (κ1) is 11.4. The summed E-state index contributed by atoms with van der Waals surface area (Å²) in [5.41, 5.74) is 5.63. The molecule has 1 aliphatic heterocycles. The van der Waals surface area contributed by atoms with Crippen molar-refractivity contribution in [3.63, 3.8) is 0 Å². The van der Waals surface area contributed by atoms with E-state index >= 15 is 0 Å². The third-order valence-electron chi connectivity index (χ3n) is 1.81. The van der Waals surface area contributed by atoms with Gasteiger partial charge < -0.3 is 15.0 Å². The highest BCUT2D eigenvalue weighted by Gasteiger charge is 2.12. The fourth-order valence-corrected chi connectivity index (χ4v) is 1.30. The van der Waals surface area contributed by atoms with Crippen molar-refractivity contribution in [3.8, 4) is 0 Å². The summed E-state index contributed by atoms with van der Waals surface area (Å²) in [5.74, 6) is 0. The molecule has 1 rings (SSSR count). The summed E-state index contributed by atoms with van der Waals surface area (Å²) in [6, 6.07) is 0. The molecule has 0 aromatic rings. The molecule has 80 valence electrons. The average Bonchev–Trinajstić information content (AvgIpc) is 2.26. The number of nitrogens with one attached hydrogen (secondary N) is 3. The number of nitrogens with zero attached hydrogens (tertiary/aromatic N) is 1. The summed E-state index contributed by atoms with van der Waals surface area (Å²) in [6.07, 6.45) is 0. The first-order chi connectivity index (χ1) is 6.74. The van der Waals surface area contributed by atoms with Crippen LogP contribution in [0.2, 0.25) is 0 Å². The summed E-state index contributed by atoms with van der Waals surface area (Å²) in [5, 5.41) is 3.94. The second-order valence-corrected chi connectivity index (χ2v) is 3.53. The van der Waals surface area contributed by atoms with Crippen molar-refractivity contribution in [2.75, 3.05) is 33.4 Å². The predicted octanol–water partition coefficient (Wildman–Crippen LogP) is -0.798. The van der Waals surface area contributed by atoms with E-state index in [4.69, 9.17) is 29.2 Å². The van der Waals surface area contributed by atoms with Crippen molar-refractivity contribution in [2.45, 2.75) is 0 Å². The van der Waals surface area contributed by atoms with E-state index in [1.807, 2.05) is 4.90 Å². The molecule has 0 bridgehead atoms. The third-order valence-corrected chi connectivity index (χ3v) is 2.47. The van der Waals surface area contributed by atoms with Gasteiger partial charge in [0, 0.05) is 20.1 Å². The number of hydrazine groups is 1. The molecule has 1 aliphatic rings. The standard InChI is InChI=1S/C7H14N4OS2/c1-8-6(13)9-10-7(14)11-2-4-12-5-3-11/h2-5H2,1H3,(H,10,14)(H2,8,9,13). The molecule has 0 aromatic heterocycles. The quantitative estimate of drug-likeness (QED) is 0.375. The maximum absolute atomic E-state index is 5.21. The number of morpholine rings is 1. The zero-order valence-electron chi connectivity index (χ0n) is 8.00. The molecular formula is C7H14N4OS2. The number of rotatable bonds is 0. The molecule has 0 saturated carbocycles. The first-order valence-electron chi connectivity index (χ1n) is 4.34. The minimum atomic E-state index is 0.514. The van der Waals surface area contributed by atoms with E-state index < -0.39 is 0 Å². The number of thiocarbonyl (C=S) groups is 2. The van der Waals surface area contributed by atoms with E-state index in [1.165, 1.54) is 0 Å². The maximum atomic E-state index is 5.21. The zero-order chi connectivity index (χ0) is 10.4. The first-order valence-corrected chi connectivity index (χ1v) is 5.16. The molecule has 1 saturated heterocycles. The Morgan fingerprint density at radius 3 is 2.43 bits per heavy atom. The van der Waals surface area contributed by atoms with Gasteiger partial charge in [0.25, 0.3) is 0 Å². The van der Waals surface area contributed by atoms with Gasteiger partial charge in [-0.2, -0.15) is 0 Å². The van der Waals surface area contributed by atoms with Gasteiger partial charge >= 0.3 is 0 Å². The van der Waals surface area contributed by atoms with Gasteiger partial charge in [-0.25, -0.2) is 0 Å². The van der Waals surface area contributed by atoms with Gasteiger partial charge in [0.05, 0.1) is 13.2 Å². The fourth-order valence-electron chi connectivity index (χ4n) is 1.02. The lowest BCUT2D eigenvalue weighted by Crippen LogP contribution is -2.53. The van der Waals surface area contributed by atoms with Gasteiger partial charge in [0.2, 0.25) is 0 Å². The van der Waals surface area contributed by atoms with E-state index in [-0.39, 0.29) is 0 Å². The molecule has 1 heterocycles. The van der Waals surface area contributed by atoms with Gasteiger partial charge in [-0.1, -0.05) is 0 Å². The molecule has 5 nitrogen and oxygen atoms in total. The summed E-state index contributed by atoms with van der Waals surface area (Å²) >= 11 is 10.0. The van der Waals surface area contributed by atoms with Crippen LogP contribution in [-0.2, 0) is 4.74 Å². The Morgan fingerprint density at radius 1 is 1.21 bits per heavy atom. The Bertz CT molecular complexity index is 218. The fraction of sp³-hybridized carbons (Fsp3) is 0.714. The smallest absolute Gasteiger partial charge is 0.188 e. The van der Waals surface area contributed by atoms with Crippen LogP contribution in [0, 0.1) is 0 Å². The molecule has 7 heteroatoms. The van der Waals surface area contributed by atoms with Crippen molar-refractivity contribution < 1.29 is 4.74 Å². The van der Waals surface area contributed by atoms with Crippen molar-refractivity contribution in [1.29, 1.82) is 0 Å². The Kier molecular flexibility index (Phi) is 4.85. The summed E-state index contributed by atoms with van der Waals surface area (Å²) in [7, 11) is 1.74. The average molecular weight is 234 g/mol. The molecule has 14 heavy (non-hydrogen) atoms. The Balaban J connectivity index is 2.23. The van der Waals surface area contributed by atoms with Crippen LogP contribution in [0.25, 0.3) is 0 Å². The minimum absolute atomic E-state index is 0.514. The zero-order valence-corrected chi connectivity index (χ0v) is 9.63. The van der Waals surface area contributed by atoms with Crippen molar-refractivity contribution in [1.82, 2.24) is 21.1 Å². The molecule has 0 atom stereocenters. The minimum Gasteiger partial charge on any atom is -0.378 e. The lowest BCUT2D eigenvalue weighted by atomic mass is 10.5. The normalized spacial score (nSPS) is 15.9. The van der Waals surface area contributed by atoms with E-state index in [0.717, 1.165) is 26.3 Å². The van der Waals surface area contributed by atoms with E-state index in [9.17, 15) is 0 Å². The monoisotopic (exact) mass is 234 g/mol. The Morgan fingerprint density at radius 2 is 1.86 bits per heavy atom. The molecule has 0 aliphatic carbocycles. The predicted molar refractivity (Wildman–Crippen MR) is 62.9 cm³/mol. The second-order valence-electron chi connectivity index (χ2n) is 2.73. The SMILES string of the molecule is CNC(=S)NNC(=S)N1CCOCC1. The summed E-state index contributed by atoms with van der Waals surface area (Å²) in [4.78, 5) is 2.03. The van der Waals surface area contributed by atoms with Crippen molar-refractivity contribution >= 4 is 34.7 Å². The van der Waals surface area contributed by atoms with Crippen LogP contribution in [0.15, 0.2) is 0 Å². The molecule has 0 aromatic carbocycles. The number of hydrogen-bond acceptors (Lipinski definition) is 3. The van der Waals surface area contributed by atoms with Gasteiger partial charge in [-0.05, 0) is 24.4 Å². The number of hydrogen-bond donors (Lipinski definition) is 3. The molecule has 1 fully saturated rings. The van der Waals surface area contributed by atoms with Gasteiger partial charge in [0.15, 0.2) is 10.2 Å². The maximum Gasteiger partial charge on any atom is 0.188 e. The van der Waals surface area contributed by atoms with Crippen LogP contribution in [0.5, 0.6) is 0 Å². The van der Waals surface area contributed by atoms with Crippen LogP contribution in [0.3, 0.4) is 0 Å². The topological polar surface area (TPSA) is 48.6 Å². The highest BCUT2D eigenvalue weighted by Crippen LogP contribution is 1.96. The van der Waals surface area contributed by atoms with E-state index in [0.29, 0.717) is 10.2 Å². The number of ether oxygens (including phenoxy) is 1. The Hall–Kier alpha value is -0.660. The molecule has 0 radical (unpaired) electrons. The van der Waals surface area contributed by atoms with E-state index in [1.54, 1.807) is 7.05 Å². The van der Waals surface area contributed by atoms with Crippen molar-refractivity contribution in [3.05, 3.63) is 0 Å². The lowest BCUT2D eigenvalue weighted by molar-refractivity contribution is 0.0675. The summed E-state index contributed by atoms with van der Waals surface area (Å²) in [6.45, 7) is 3.08. The highest BCUT2D eigenvalue weighted by molar-refractivity contribution is 7.80. The molecule has 0 amide bonds. The molecule has 0 spiro atoms. The van der Waals surface area contributed by atoms with Crippen LogP contribution in [0.1, 0.15) is 0 Å². The Labute approximate surface area is 94.1 Å². The van der Waals surface area contributed by atoms with Crippen LogP contribution < -0.4 is 16.2 Å². The molecule has 3 N–H and O–H groups in total. The van der Waals surface area contributed by atoms with Gasteiger partial charge in [-0.15, -0.1) is 0 Å². The largest absolute Gasteiger partial charge is 0.378 e. The van der Waals surface area contributed by atoms with Crippen LogP contribution >= 0.6 is 24.4 Å². The van der Waals surface area contributed by atoms with Crippen LogP contribution in [0.4, 0.5) is 0 Å². The highest BCUT2D eigenvalue weighted by atomic mass is 32.1. The van der Waals surface area contributed by atoms with Crippen LogP contribution in [-0.4, -0.2) is 48.5 Å². The third kappa shape index (κ3) is 3.60. The van der Waals surface area contributed by atoms with E-state index in [2.05, 4.69) is 16.2 Å². The molecule has 0 unspecified atom stereocenters. The molecular weight excluding hydrogens is 220 g/mol. The van der Waals surface area contributed by atoms with Gasteiger partial charge in [0.1, 0.15) is 0 Å². The lowest BCUT2D eigenvalue weighted by Gasteiger charge is -2.29.